The summed E-state index contributed by atoms with van der Waals surface area (Å²) in [6, 6.07) is 13.0. The molecule has 0 aromatic heterocycles. The second kappa shape index (κ2) is 11.6. The van der Waals surface area contributed by atoms with Gasteiger partial charge in [0.1, 0.15) is 0 Å². The van der Waals surface area contributed by atoms with Crippen LogP contribution in [0.15, 0.2) is 48.5 Å². The summed E-state index contributed by atoms with van der Waals surface area (Å²) in [5.74, 6) is -0.277. The monoisotopic (exact) mass is 446 g/mol. The molecule has 172 valence electrons. The minimum Gasteiger partial charge on any atom is -0.493 e. The molecule has 1 heterocycles. The number of hydrogen-bond donors (Lipinski definition) is 1. The first kappa shape index (κ1) is 23.7. The van der Waals surface area contributed by atoms with Crippen LogP contribution < -0.4 is 14.8 Å². The summed E-state index contributed by atoms with van der Waals surface area (Å²) in [6.07, 6.45) is 2.74. The number of ether oxygens (including phenoxy) is 3. The topological polar surface area (TPSA) is 60.0 Å². The van der Waals surface area contributed by atoms with Gasteiger partial charge in [0, 0.05) is 31.3 Å². The maximum absolute atomic E-state index is 12.8. The number of methoxy groups -OCH3 is 1. The van der Waals surface area contributed by atoms with Gasteiger partial charge in [-0.25, -0.2) is 0 Å². The minimum absolute atomic E-state index is 0.00592. The lowest BCUT2D eigenvalue weighted by molar-refractivity contribution is -0.116. The van der Waals surface area contributed by atoms with Crippen LogP contribution in [0.5, 0.6) is 11.5 Å². The molecule has 3 rings (SSSR count). The Morgan fingerprint density at radius 1 is 1.19 bits per heavy atom. The Kier molecular flexibility index (Phi) is 8.58. The number of para-hydroxylation sites is 1. The Hall–Kier alpha value is -2.97. The standard InChI is InChI=1S/C24H28F2N2O4/c1-17-6-8-18(9-7-17)20(28-12-14-31-15-13-28)16-27-22(29)11-10-19-4-3-5-21(30-2)23(19)32-24(25)26/h3-11,20,24H,12-16H2,1-2H3,(H,27,29)/b11-10+. The SMILES string of the molecule is COc1cccc(/C=C/C(=O)NCC(c2ccc(C)cc2)N2CCOCC2)c1OC(F)F. The van der Waals surface area contributed by atoms with Crippen molar-refractivity contribution in [3.8, 4) is 11.5 Å². The molecule has 0 radical (unpaired) electrons. The number of nitrogens with one attached hydrogen (secondary N) is 1. The molecule has 0 bridgehead atoms. The fraction of sp³-hybridized carbons (Fsp3) is 0.375. The molecule has 0 aliphatic carbocycles. The fourth-order valence-corrected chi connectivity index (χ4v) is 3.60. The highest BCUT2D eigenvalue weighted by atomic mass is 19.3. The Morgan fingerprint density at radius 2 is 1.91 bits per heavy atom. The molecule has 32 heavy (non-hydrogen) atoms. The van der Waals surface area contributed by atoms with E-state index in [2.05, 4.69) is 39.2 Å². The van der Waals surface area contributed by atoms with Crippen LogP contribution in [0.3, 0.4) is 0 Å². The first-order chi connectivity index (χ1) is 15.5. The van der Waals surface area contributed by atoms with Crippen molar-refractivity contribution < 1.29 is 27.8 Å². The van der Waals surface area contributed by atoms with Gasteiger partial charge in [-0.2, -0.15) is 8.78 Å². The highest BCUT2D eigenvalue weighted by molar-refractivity contribution is 5.92. The number of aryl methyl sites for hydroxylation is 1. The van der Waals surface area contributed by atoms with Crippen molar-refractivity contribution in [1.29, 1.82) is 0 Å². The average molecular weight is 446 g/mol. The van der Waals surface area contributed by atoms with Gasteiger partial charge >= 0.3 is 6.61 Å². The third-order valence-electron chi connectivity index (χ3n) is 5.27. The normalized spacial score (nSPS) is 15.7. The van der Waals surface area contributed by atoms with Gasteiger partial charge in [-0.3, -0.25) is 9.69 Å². The number of nitrogens with zero attached hydrogens (tertiary/aromatic N) is 1. The molecule has 1 atom stereocenters. The molecule has 2 aromatic carbocycles. The summed E-state index contributed by atoms with van der Waals surface area (Å²) in [4.78, 5) is 14.8. The quantitative estimate of drug-likeness (QED) is 0.594. The lowest BCUT2D eigenvalue weighted by atomic mass is 10.0. The molecule has 1 aliphatic rings. The van der Waals surface area contributed by atoms with E-state index in [4.69, 9.17) is 9.47 Å². The number of amides is 1. The third-order valence-corrected chi connectivity index (χ3v) is 5.27. The number of carbonyl (C=O) groups excluding carboxylic acids is 1. The van der Waals surface area contributed by atoms with Crippen LogP contribution in [0.25, 0.3) is 6.08 Å². The van der Waals surface area contributed by atoms with Gasteiger partial charge in [-0.15, -0.1) is 0 Å². The predicted octanol–water partition coefficient (Wildman–Crippen LogP) is 3.81. The van der Waals surface area contributed by atoms with Crippen LogP contribution in [-0.2, 0) is 9.53 Å². The first-order valence-corrected chi connectivity index (χ1v) is 10.4. The predicted molar refractivity (Wildman–Crippen MR) is 118 cm³/mol. The summed E-state index contributed by atoms with van der Waals surface area (Å²) < 4.78 is 40.7. The number of carbonyl (C=O) groups is 1. The highest BCUT2D eigenvalue weighted by Crippen LogP contribution is 2.33. The molecule has 1 saturated heterocycles. The van der Waals surface area contributed by atoms with E-state index in [-0.39, 0.29) is 23.4 Å². The zero-order valence-electron chi connectivity index (χ0n) is 18.2. The van der Waals surface area contributed by atoms with E-state index < -0.39 is 6.61 Å². The van der Waals surface area contributed by atoms with Gasteiger partial charge in [-0.05, 0) is 24.6 Å². The maximum atomic E-state index is 12.8. The summed E-state index contributed by atoms with van der Waals surface area (Å²) >= 11 is 0. The minimum atomic E-state index is -3.00. The number of alkyl halides is 2. The van der Waals surface area contributed by atoms with Crippen LogP contribution in [-0.4, -0.2) is 57.4 Å². The summed E-state index contributed by atoms with van der Waals surface area (Å²) in [5.41, 5.74) is 2.60. The van der Waals surface area contributed by atoms with E-state index in [1.807, 2.05) is 6.92 Å². The number of morpholine rings is 1. The van der Waals surface area contributed by atoms with Gasteiger partial charge in [0.05, 0.1) is 26.4 Å². The molecule has 1 N–H and O–H groups in total. The van der Waals surface area contributed by atoms with Crippen LogP contribution in [0.2, 0.25) is 0 Å². The van der Waals surface area contributed by atoms with Gasteiger partial charge in [0.2, 0.25) is 5.91 Å². The van der Waals surface area contributed by atoms with Crippen molar-refractivity contribution in [1.82, 2.24) is 10.2 Å². The molecule has 1 aliphatic heterocycles. The highest BCUT2D eigenvalue weighted by Gasteiger charge is 2.23. The average Bonchev–Trinajstić information content (AvgIpc) is 2.80. The fourth-order valence-electron chi connectivity index (χ4n) is 3.60. The summed E-state index contributed by atoms with van der Waals surface area (Å²) in [5, 5.41) is 2.92. The Labute approximate surface area is 186 Å². The Balaban J connectivity index is 1.70. The molecule has 6 nitrogen and oxygen atoms in total. The Morgan fingerprint density at radius 3 is 2.56 bits per heavy atom. The van der Waals surface area contributed by atoms with Gasteiger partial charge in [-0.1, -0.05) is 42.0 Å². The Bertz CT molecular complexity index is 913. The second-order valence-electron chi connectivity index (χ2n) is 7.41. The summed E-state index contributed by atoms with van der Waals surface area (Å²) in [6.45, 7) is 2.30. The number of benzene rings is 2. The number of rotatable bonds is 9. The first-order valence-electron chi connectivity index (χ1n) is 10.4. The third kappa shape index (κ3) is 6.51. The largest absolute Gasteiger partial charge is 0.493 e. The zero-order chi connectivity index (χ0) is 22.9. The molecule has 1 fully saturated rings. The molecule has 8 heteroatoms. The molecule has 0 spiro atoms. The van der Waals surface area contributed by atoms with E-state index >= 15 is 0 Å². The van der Waals surface area contributed by atoms with Crippen molar-refractivity contribution in [3.63, 3.8) is 0 Å². The number of halogens is 2. The van der Waals surface area contributed by atoms with Crippen molar-refractivity contribution in [2.24, 2.45) is 0 Å². The zero-order valence-corrected chi connectivity index (χ0v) is 18.2. The molecule has 2 aromatic rings. The number of hydrogen-bond acceptors (Lipinski definition) is 5. The maximum Gasteiger partial charge on any atom is 0.387 e. The van der Waals surface area contributed by atoms with Crippen molar-refractivity contribution in [2.75, 3.05) is 40.0 Å². The van der Waals surface area contributed by atoms with E-state index in [0.29, 0.717) is 25.3 Å². The molecular formula is C24H28F2N2O4. The van der Waals surface area contributed by atoms with E-state index in [1.165, 1.54) is 30.9 Å². The van der Waals surface area contributed by atoms with Gasteiger partial charge in [0.15, 0.2) is 11.5 Å². The second-order valence-corrected chi connectivity index (χ2v) is 7.41. The summed E-state index contributed by atoms with van der Waals surface area (Å²) in [7, 11) is 1.37. The van der Waals surface area contributed by atoms with Crippen molar-refractivity contribution >= 4 is 12.0 Å². The molecule has 1 amide bonds. The van der Waals surface area contributed by atoms with Crippen LogP contribution >= 0.6 is 0 Å². The molecule has 1 unspecified atom stereocenters. The van der Waals surface area contributed by atoms with Crippen LogP contribution in [0.4, 0.5) is 8.78 Å². The van der Waals surface area contributed by atoms with Crippen molar-refractivity contribution in [3.05, 3.63) is 65.2 Å². The van der Waals surface area contributed by atoms with Gasteiger partial charge < -0.3 is 19.5 Å². The van der Waals surface area contributed by atoms with E-state index in [0.717, 1.165) is 18.7 Å². The van der Waals surface area contributed by atoms with Crippen molar-refractivity contribution in [2.45, 2.75) is 19.6 Å². The van der Waals surface area contributed by atoms with Crippen LogP contribution in [0.1, 0.15) is 22.7 Å². The van der Waals surface area contributed by atoms with E-state index in [1.54, 1.807) is 12.1 Å². The smallest absolute Gasteiger partial charge is 0.387 e. The lowest BCUT2D eigenvalue weighted by Crippen LogP contribution is -2.43. The molecular weight excluding hydrogens is 418 g/mol. The van der Waals surface area contributed by atoms with E-state index in [9.17, 15) is 13.6 Å². The van der Waals surface area contributed by atoms with Gasteiger partial charge in [0.25, 0.3) is 0 Å². The molecule has 0 saturated carbocycles. The van der Waals surface area contributed by atoms with Crippen LogP contribution in [0, 0.1) is 6.92 Å². The lowest BCUT2D eigenvalue weighted by Gasteiger charge is -2.35.